The molecule has 0 aromatic carbocycles. The van der Waals surface area contributed by atoms with E-state index in [1.807, 2.05) is 7.05 Å². The number of ether oxygens (including phenoxy) is 1. The van der Waals surface area contributed by atoms with Gasteiger partial charge in [0.1, 0.15) is 0 Å². The Morgan fingerprint density at radius 3 is 2.58 bits per heavy atom. The number of likely N-dealkylation sites (N-methyl/N-ethyl adjacent to an activating group) is 1. The van der Waals surface area contributed by atoms with E-state index >= 15 is 0 Å². The molecule has 24 heavy (non-hydrogen) atoms. The van der Waals surface area contributed by atoms with E-state index in [0.717, 1.165) is 32.3 Å². The van der Waals surface area contributed by atoms with Crippen molar-refractivity contribution in [2.24, 2.45) is 10.9 Å². The molecular formula is C17H36IN5O. The number of piperazine rings is 1. The van der Waals surface area contributed by atoms with Crippen LogP contribution in [-0.2, 0) is 4.74 Å². The van der Waals surface area contributed by atoms with Crippen LogP contribution in [0, 0.1) is 5.92 Å². The Bertz CT molecular complexity index is 368. The van der Waals surface area contributed by atoms with Crippen molar-refractivity contribution in [2.45, 2.75) is 26.3 Å². The first-order valence-electron chi connectivity index (χ1n) is 9.10. The molecule has 0 spiro atoms. The number of nitrogens with one attached hydrogen (secondary N) is 1. The summed E-state index contributed by atoms with van der Waals surface area (Å²) < 4.78 is 5.47. The number of aliphatic imine (C=N–C) groups is 1. The minimum Gasteiger partial charge on any atom is -0.381 e. The summed E-state index contributed by atoms with van der Waals surface area (Å²) in [6.45, 7) is 14.2. The molecule has 2 atom stereocenters. The van der Waals surface area contributed by atoms with Gasteiger partial charge < -0.3 is 19.9 Å². The van der Waals surface area contributed by atoms with E-state index in [4.69, 9.17) is 4.74 Å². The molecule has 2 rings (SSSR count). The third-order valence-electron chi connectivity index (χ3n) is 5.16. The summed E-state index contributed by atoms with van der Waals surface area (Å²) in [5.74, 6) is 1.63. The monoisotopic (exact) mass is 453 g/mol. The molecule has 2 fully saturated rings. The van der Waals surface area contributed by atoms with E-state index in [-0.39, 0.29) is 24.0 Å². The van der Waals surface area contributed by atoms with E-state index in [0.29, 0.717) is 12.0 Å². The number of nitrogens with zero attached hydrogens (tertiary/aromatic N) is 4. The molecule has 6 nitrogen and oxygen atoms in total. The molecule has 0 aromatic heterocycles. The van der Waals surface area contributed by atoms with E-state index in [1.54, 1.807) is 0 Å². The first kappa shape index (κ1) is 21.9. The van der Waals surface area contributed by atoms with Crippen LogP contribution in [0.25, 0.3) is 0 Å². The normalized spacial score (nSPS) is 24.5. The van der Waals surface area contributed by atoms with Gasteiger partial charge in [0.25, 0.3) is 0 Å². The highest BCUT2D eigenvalue weighted by molar-refractivity contribution is 14.0. The molecule has 0 aromatic rings. The van der Waals surface area contributed by atoms with Crippen molar-refractivity contribution >= 4 is 29.9 Å². The van der Waals surface area contributed by atoms with Crippen molar-refractivity contribution in [3.8, 4) is 0 Å². The van der Waals surface area contributed by atoms with Gasteiger partial charge in [0.15, 0.2) is 5.96 Å². The number of rotatable bonds is 6. The largest absolute Gasteiger partial charge is 0.381 e. The van der Waals surface area contributed by atoms with Gasteiger partial charge in [-0.25, -0.2) is 0 Å². The number of hydrogen-bond acceptors (Lipinski definition) is 4. The molecule has 7 heteroatoms. The van der Waals surface area contributed by atoms with Gasteiger partial charge in [0.05, 0.1) is 6.61 Å². The molecule has 2 aliphatic rings. The fourth-order valence-corrected chi connectivity index (χ4v) is 3.47. The maximum atomic E-state index is 5.47. The second-order valence-corrected chi connectivity index (χ2v) is 6.86. The predicted molar refractivity (Wildman–Crippen MR) is 111 cm³/mol. The van der Waals surface area contributed by atoms with E-state index in [9.17, 15) is 0 Å². The maximum Gasteiger partial charge on any atom is 0.193 e. The Labute approximate surface area is 165 Å². The second-order valence-electron chi connectivity index (χ2n) is 6.86. The molecular weight excluding hydrogens is 417 g/mol. The molecule has 0 bridgehead atoms. The molecule has 2 heterocycles. The summed E-state index contributed by atoms with van der Waals surface area (Å²) in [5.41, 5.74) is 0. The fourth-order valence-electron chi connectivity index (χ4n) is 3.47. The summed E-state index contributed by atoms with van der Waals surface area (Å²) in [5, 5.41) is 3.55. The lowest BCUT2D eigenvalue weighted by Crippen LogP contribution is -2.53. The molecule has 2 saturated heterocycles. The Kier molecular flexibility index (Phi) is 10.5. The second kappa shape index (κ2) is 11.5. The predicted octanol–water partition coefficient (Wildman–Crippen LogP) is 1.17. The Hall–Kier alpha value is -0.120. The lowest BCUT2D eigenvalue weighted by molar-refractivity contribution is 0.107. The Morgan fingerprint density at radius 2 is 2.04 bits per heavy atom. The summed E-state index contributed by atoms with van der Waals surface area (Å²) in [4.78, 5) is 11.8. The fraction of sp³-hybridized carbons (Fsp3) is 0.941. The highest BCUT2D eigenvalue weighted by Crippen LogP contribution is 2.13. The minimum absolute atomic E-state index is 0. The lowest BCUT2D eigenvalue weighted by atomic mass is 10.1. The Balaban J connectivity index is 0.00000288. The third kappa shape index (κ3) is 6.65. The molecule has 142 valence electrons. The molecule has 2 unspecified atom stereocenters. The van der Waals surface area contributed by atoms with Gasteiger partial charge >= 0.3 is 0 Å². The zero-order valence-electron chi connectivity index (χ0n) is 15.8. The zero-order valence-corrected chi connectivity index (χ0v) is 18.2. The number of guanidine groups is 1. The smallest absolute Gasteiger partial charge is 0.193 e. The van der Waals surface area contributed by atoms with Gasteiger partial charge in [-0.2, -0.15) is 0 Å². The SMILES string of the molecule is CCN1CCN(C(C)CNC(=NC)N(C)CC2CCOC2)CC1.I. The molecule has 0 amide bonds. The zero-order chi connectivity index (χ0) is 16.7. The molecule has 2 aliphatic heterocycles. The summed E-state index contributed by atoms with van der Waals surface area (Å²) >= 11 is 0. The van der Waals surface area contributed by atoms with Crippen molar-refractivity contribution in [1.82, 2.24) is 20.0 Å². The van der Waals surface area contributed by atoms with Gasteiger partial charge in [0.2, 0.25) is 0 Å². The van der Waals surface area contributed by atoms with Crippen molar-refractivity contribution < 1.29 is 4.74 Å². The third-order valence-corrected chi connectivity index (χ3v) is 5.16. The lowest BCUT2D eigenvalue weighted by Gasteiger charge is -2.38. The van der Waals surface area contributed by atoms with Crippen LogP contribution in [0.4, 0.5) is 0 Å². The average molecular weight is 453 g/mol. The first-order chi connectivity index (χ1) is 11.1. The van der Waals surface area contributed by atoms with E-state index < -0.39 is 0 Å². The van der Waals surface area contributed by atoms with Crippen LogP contribution in [0.5, 0.6) is 0 Å². The highest BCUT2D eigenvalue weighted by Gasteiger charge is 2.22. The first-order valence-corrected chi connectivity index (χ1v) is 9.10. The van der Waals surface area contributed by atoms with Gasteiger partial charge in [-0.1, -0.05) is 6.92 Å². The highest BCUT2D eigenvalue weighted by atomic mass is 127. The van der Waals surface area contributed by atoms with E-state index in [1.165, 1.54) is 39.1 Å². The number of hydrogen-bond donors (Lipinski definition) is 1. The van der Waals surface area contributed by atoms with Gasteiger partial charge in [-0.05, 0) is 19.9 Å². The molecule has 0 radical (unpaired) electrons. The standard InChI is InChI=1S/C17H35N5O.HI/c1-5-21-7-9-22(10-8-21)15(2)12-19-17(18-3)20(4)13-16-6-11-23-14-16;/h15-16H,5-14H2,1-4H3,(H,18,19);1H. The maximum absolute atomic E-state index is 5.47. The van der Waals surface area contributed by atoms with Crippen LogP contribution in [0.3, 0.4) is 0 Å². The molecule has 1 N–H and O–H groups in total. The summed E-state index contributed by atoms with van der Waals surface area (Å²) in [6.07, 6.45) is 1.17. The minimum atomic E-state index is 0. The van der Waals surface area contributed by atoms with Crippen LogP contribution < -0.4 is 5.32 Å². The Morgan fingerprint density at radius 1 is 1.33 bits per heavy atom. The van der Waals surface area contributed by atoms with Gasteiger partial charge in [-0.15, -0.1) is 24.0 Å². The van der Waals surface area contributed by atoms with E-state index in [2.05, 4.69) is 45.9 Å². The average Bonchev–Trinajstić information content (AvgIpc) is 3.08. The van der Waals surface area contributed by atoms with Crippen LogP contribution in [0.15, 0.2) is 4.99 Å². The summed E-state index contributed by atoms with van der Waals surface area (Å²) in [7, 11) is 3.99. The summed E-state index contributed by atoms with van der Waals surface area (Å²) in [6, 6.07) is 0.536. The van der Waals surface area contributed by atoms with Crippen LogP contribution in [-0.4, -0.2) is 99.8 Å². The van der Waals surface area contributed by atoms with Crippen molar-refractivity contribution in [3.63, 3.8) is 0 Å². The van der Waals surface area contributed by atoms with Gasteiger partial charge in [0, 0.05) is 71.9 Å². The molecule has 0 saturated carbocycles. The van der Waals surface area contributed by atoms with Crippen LogP contribution in [0.2, 0.25) is 0 Å². The van der Waals surface area contributed by atoms with Gasteiger partial charge in [-0.3, -0.25) is 9.89 Å². The quantitative estimate of drug-likeness (QED) is 0.372. The van der Waals surface area contributed by atoms with Crippen molar-refractivity contribution in [2.75, 3.05) is 73.1 Å². The molecule has 0 aliphatic carbocycles. The van der Waals surface area contributed by atoms with Crippen molar-refractivity contribution in [1.29, 1.82) is 0 Å². The van der Waals surface area contributed by atoms with Crippen LogP contribution >= 0.6 is 24.0 Å². The van der Waals surface area contributed by atoms with Crippen LogP contribution in [0.1, 0.15) is 20.3 Å². The van der Waals surface area contributed by atoms with Crippen molar-refractivity contribution in [3.05, 3.63) is 0 Å². The number of halogens is 1. The topological polar surface area (TPSA) is 43.3 Å².